The number of anilines is 1. The van der Waals surface area contributed by atoms with E-state index in [0.29, 0.717) is 11.4 Å². The predicted octanol–water partition coefficient (Wildman–Crippen LogP) is 2.97. The van der Waals surface area contributed by atoms with Gasteiger partial charge in [0, 0.05) is 0 Å². The Morgan fingerprint density at radius 2 is 1.96 bits per heavy atom. The first-order chi connectivity index (χ1) is 12.2. The summed E-state index contributed by atoms with van der Waals surface area (Å²) in [6.45, 7) is 0. The van der Waals surface area contributed by atoms with Crippen molar-refractivity contribution in [2.45, 2.75) is 37.8 Å². The van der Waals surface area contributed by atoms with Crippen LogP contribution < -0.4 is 15.4 Å². The zero-order chi connectivity index (χ0) is 17.2. The van der Waals surface area contributed by atoms with Gasteiger partial charge in [-0.3, -0.25) is 9.59 Å². The van der Waals surface area contributed by atoms with Gasteiger partial charge >= 0.3 is 0 Å². The molecule has 25 heavy (non-hydrogen) atoms. The first-order valence-corrected chi connectivity index (χ1v) is 8.64. The van der Waals surface area contributed by atoms with E-state index in [0.717, 1.165) is 19.3 Å². The Hall–Kier alpha value is -2.82. The molecule has 2 aliphatic rings. The van der Waals surface area contributed by atoms with Crippen LogP contribution in [0, 0.1) is 0 Å². The van der Waals surface area contributed by atoms with Crippen molar-refractivity contribution in [1.29, 1.82) is 0 Å². The zero-order valence-corrected chi connectivity index (χ0v) is 13.8. The molecule has 1 aliphatic carbocycles. The Morgan fingerprint density at radius 1 is 1.16 bits per heavy atom. The summed E-state index contributed by atoms with van der Waals surface area (Å²) in [6.07, 6.45) is 2.24. The molecule has 1 heterocycles. The van der Waals surface area contributed by atoms with Gasteiger partial charge in [-0.2, -0.15) is 0 Å². The quantitative estimate of drug-likeness (QED) is 0.905. The zero-order valence-electron chi connectivity index (χ0n) is 13.8. The van der Waals surface area contributed by atoms with Crippen molar-refractivity contribution in [1.82, 2.24) is 5.32 Å². The van der Waals surface area contributed by atoms with Crippen molar-refractivity contribution >= 4 is 17.5 Å². The molecule has 4 rings (SSSR count). The van der Waals surface area contributed by atoms with Crippen molar-refractivity contribution in [2.24, 2.45) is 0 Å². The summed E-state index contributed by atoms with van der Waals surface area (Å²) in [5.74, 6) is 0.155. The summed E-state index contributed by atoms with van der Waals surface area (Å²) >= 11 is 0. The van der Waals surface area contributed by atoms with Gasteiger partial charge < -0.3 is 15.4 Å². The fourth-order valence-corrected chi connectivity index (χ4v) is 3.55. The van der Waals surface area contributed by atoms with E-state index in [4.69, 9.17) is 4.74 Å². The third kappa shape index (κ3) is 3.22. The SMILES string of the molecule is O=C(C[C@@H]1Oc2ccccc2NC1=O)N[C@H]1CCCc2ccccc21. The summed E-state index contributed by atoms with van der Waals surface area (Å²) in [4.78, 5) is 24.6. The van der Waals surface area contributed by atoms with Gasteiger partial charge in [0.25, 0.3) is 5.91 Å². The lowest BCUT2D eigenvalue weighted by Crippen LogP contribution is -2.42. The number of fused-ring (bicyclic) bond motifs is 2. The minimum atomic E-state index is -0.797. The highest BCUT2D eigenvalue weighted by Gasteiger charge is 2.30. The van der Waals surface area contributed by atoms with Crippen LogP contribution in [0.15, 0.2) is 48.5 Å². The number of hydrogen-bond acceptors (Lipinski definition) is 3. The second kappa shape index (κ2) is 6.59. The highest BCUT2D eigenvalue weighted by atomic mass is 16.5. The molecule has 0 saturated heterocycles. The van der Waals surface area contributed by atoms with Gasteiger partial charge in [-0.25, -0.2) is 0 Å². The van der Waals surface area contributed by atoms with E-state index >= 15 is 0 Å². The molecule has 0 spiro atoms. The normalized spacial score (nSPS) is 21.4. The third-order valence-corrected chi connectivity index (χ3v) is 4.78. The highest BCUT2D eigenvalue weighted by molar-refractivity contribution is 5.99. The van der Waals surface area contributed by atoms with Gasteiger partial charge in [0.05, 0.1) is 18.2 Å². The molecule has 0 radical (unpaired) electrons. The van der Waals surface area contributed by atoms with Gasteiger partial charge in [0.1, 0.15) is 5.75 Å². The van der Waals surface area contributed by atoms with Crippen molar-refractivity contribution in [3.63, 3.8) is 0 Å². The smallest absolute Gasteiger partial charge is 0.266 e. The van der Waals surface area contributed by atoms with Crippen molar-refractivity contribution < 1.29 is 14.3 Å². The number of carbonyl (C=O) groups excluding carboxylic acids is 2. The molecular weight excluding hydrogens is 316 g/mol. The van der Waals surface area contributed by atoms with Gasteiger partial charge in [-0.15, -0.1) is 0 Å². The second-order valence-electron chi connectivity index (χ2n) is 6.51. The first kappa shape index (κ1) is 15.7. The maximum Gasteiger partial charge on any atom is 0.266 e. The van der Waals surface area contributed by atoms with E-state index in [-0.39, 0.29) is 24.3 Å². The Labute approximate surface area is 146 Å². The minimum Gasteiger partial charge on any atom is -0.478 e. The van der Waals surface area contributed by atoms with Gasteiger partial charge in [0.2, 0.25) is 5.91 Å². The van der Waals surface area contributed by atoms with Crippen LogP contribution in [0.3, 0.4) is 0 Å². The molecule has 2 aromatic rings. The van der Waals surface area contributed by atoms with Crippen LogP contribution in [-0.2, 0) is 16.0 Å². The molecule has 1 aliphatic heterocycles. The van der Waals surface area contributed by atoms with E-state index in [1.54, 1.807) is 12.1 Å². The Kier molecular flexibility index (Phi) is 4.14. The van der Waals surface area contributed by atoms with Crippen LogP contribution in [0.2, 0.25) is 0 Å². The summed E-state index contributed by atoms with van der Waals surface area (Å²) in [5, 5.41) is 5.86. The molecule has 2 N–H and O–H groups in total. The standard InChI is InChI=1S/C20H20N2O3/c23-19(21-15-10-5-7-13-6-1-2-8-14(13)15)12-18-20(24)22-16-9-3-4-11-17(16)25-18/h1-4,6,8-9,11,15,18H,5,7,10,12H2,(H,21,23)(H,22,24)/t15-,18-/m0/s1. The lowest BCUT2D eigenvalue weighted by molar-refractivity contribution is -0.131. The molecule has 5 nitrogen and oxygen atoms in total. The first-order valence-electron chi connectivity index (χ1n) is 8.64. The fourth-order valence-electron chi connectivity index (χ4n) is 3.55. The average Bonchev–Trinajstić information content (AvgIpc) is 2.63. The lowest BCUT2D eigenvalue weighted by Gasteiger charge is -2.28. The summed E-state index contributed by atoms with van der Waals surface area (Å²) < 4.78 is 5.70. The van der Waals surface area contributed by atoms with Crippen LogP contribution in [0.4, 0.5) is 5.69 Å². The second-order valence-corrected chi connectivity index (χ2v) is 6.51. The highest BCUT2D eigenvalue weighted by Crippen LogP contribution is 2.31. The number of amides is 2. The lowest BCUT2D eigenvalue weighted by atomic mass is 9.87. The van der Waals surface area contributed by atoms with Crippen molar-refractivity contribution in [2.75, 3.05) is 5.32 Å². The summed E-state index contributed by atoms with van der Waals surface area (Å²) in [6, 6.07) is 15.5. The van der Waals surface area contributed by atoms with Crippen LogP contribution in [0.5, 0.6) is 5.75 Å². The number of ether oxygens (including phenoxy) is 1. The molecule has 0 bridgehead atoms. The Balaban J connectivity index is 1.43. The number of para-hydroxylation sites is 2. The monoisotopic (exact) mass is 336 g/mol. The number of benzene rings is 2. The molecule has 0 aromatic heterocycles. The van der Waals surface area contributed by atoms with E-state index in [2.05, 4.69) is 22.8 Å². The van der Waals surface area contributed by atoms with E-state index in [1.165, 1.54) is 11.1 Å². The number of nitrogens with one attached hydrogen (secondary N) is 2. The molecule has 2 amide bonds. The van der Waals surface area contributed by atoms with E-state index in [9.17, 15) is 9.59 Å². The maximum absolute atomic E-state index is 12.5. The Bertz CT molecular complexity index is 818. The number of rotatable bonds is 3. The van der Waals surface area contributed by atoms with Crippen molar-refractivity contribution in [3.8, 4) is 5.75 Å². The minimum absolute atomic E-state index is 0.0105. The molecule has 0 saturated carbocycles. The number of carbonyl (C=O) groups is 2. The van der Waals surface area contributed by atoms with E-state index in [1.807, 2.05) is 24.3 Å². The average molecular weight is 336 g/mol. The molecule has 5 heteroatoms. The van der Waals surface area contributed by atoms with Gasteiger partial charge in [-0.1, -0.05) is 36.4 Å². The largest absolute Gasteiger partial charge is 0.478 e. The van der Waals surface area contributed by atoms with E-state index < -0.39 is 6.10 Å². The van der Waals surface area contributed by atoms with Crippen LogP contribution >= 0.6 is 0 Å². The van der Waals surface area contributed by atoms with Crippen LogP contribution in [0.25, 0.3) is 0 Å². The van der Waals surface area contributed by atoms with Gasteiger partial charge in [0.15, 0.2) is 6.10 Å². The maximum atomic E-state index is 12.5. The van der Waals surface area contributed by atoms with Gasteiger partial charge in [-0.05, 0) is 42.5 Å². The molecule has 0 unspecified atom stereocenters. The summed E-state index contributed by atoms with van der Waals surface area (Å²) in [7, 11) is 0. The van der Waals surface area contributed by atoms with Crippen LogP contribution in [-0.4, -0.2) is 17.9 Å². The molecule has 128 valence electrons. The predicted molar refractivity (Wildman–Crippen MR) is 94.4 cm³/mol. The fraction of sp³-hybridized carbons (Fsp3) is 0.300. The number of hydrogen-bond donors (Lipinski definition) is 2. The van der Waals surface area contributed by atoms with Crippen molar-refractivity contribution in [3.05, 3.63) is 59.7 Å². The molecule has 2 aromatic carbocycles. The molecule has 2 atom stereocenters. The number of aryl methyl sites for hydroxylation is 1. The van der Waals surface area contributed by atoms with Crippen LogP contribution in [0.1, 0.15) is 36.4 Å². The topological polar surface area (TPSA) is 67.4 Å². The summed E-state index contributed by atoms with van der Waals surface area (Å²) in [5.41, 5.74) is 3.12. The molecular formula is C20H20N2O3. The Morgan fingerprint density at radius 3 is 2.88 bits per heavy atom. The third-order valence-electron chi connectivity index (χ3n) is 4.78. The molecule has 0 fully saturated rings.